The normalized spacial score (nSPS) is 29.0. The van der Waals surface area contributed by atoms with Crippen LogP contribution in [0.2, 0.25) is 0 Å². The third kappa shape index (κ3) is 1.87. The Bertz CT molecular complexity index is 89.6. The van der Waals surface area contributed by atoms with Crippen molar-refractivity contribution in [1.82, 2.24) is 0 Å². The Balaban J connectivity index is 2.42. The predicted molar refractivity (Wildman–Crippen MR) is 41.8 cm³/mol. The van der Waals surface area contributed by atoms with Gasteiger partial charge in [0.1, 0.15) is 0 Å². The van der Waals surface area contributed by atoms with Gasteiger partial charge >= 0.3 is 0 Å². The van der Waals surface area contributed by atoms with Crippen molar-refractivity contribution in [1.29, 1.82) is 0 Å². The maximum Gasteiger partial charge on any atom is 0.0709 e. The largest absolute Gasteiger partial charge is 0.389 e. The number of rotatable bonds is 1. The standard InChI is InChI=1S/C7H14OS/c1-7(2,8)6-4-3-5-9-6/h6,8H,3-5H2,1-2H3. The molecule has 2 heteroatoms. The maximum absolute atomic E-state index is 9.50. The molecule has 1 saturated heterocycles. The Labute approximate surface area is 60.8 Å². The Kier molecular flexibility index (Phi) is 2.07. The highest BCUT2D eigenvalue weighted by molar-refractivity contribution is 8.00. The van der Waals surface area contributed by atoms with Gasteiger partial charge in [-0.15, -0.1) is 0 Å². The van der Waals surface area contributed by atoms with E-state index < -0.39 is 5.60 Å². The first kappa shape index (κ1) is 7.42. The summed E-state index contributed by atoms with van der Waals surface area (Å²) < 4.78 is 0. The molecule has 1 unspecified atom stereocenters. The van der Waals surface area contributed by atoms with E-state index in [9.17, 15) is 5.11 Å². The highest BCUT2D eigenvalue weighted by atomic mass is 32.2. The highest BCUT2D eigenvalue weighted by Crippen LogP contribution is 2.33. The third-order valence-electron chi connectivity index (χ3n) is 1.72. The fraction of sp³-hybridized carbons (Fsp3) is 1.00. The van der Waals surface area contributed by atoms with Crippen LogP contribution >= 0.6 is 11.8 Å². The molecule has 9 heavy (non-hydrogen) atoms. The molecule has 0 aliphatic carbocycles. The zero-order valence-corrected chi connectivity index (χ0v) is 6.87. The molecule has 54 valence electrons. The zero-order valence-electron chi connectivity index (χ0n) is 6.05. The molecule has 0 saturated carbocycles. The summed E-state index contributed by atoms with van der Waals surface area (Å²) in [4.78, 5) is 0. The fourth-order valence-corrected chi connectivity index (χ4v) is 2.49. The van der Waals surface area contributed by atoms with E-state index in [0.29, 0.717) is 5.25 Å². The molecule has 0 radical (unpaired) electrons. The van der Waals surface area contributed by atoms with E-state index >= 15 is 0 Å². The quantitative estimate of drug-likeness (QED) is 0.607. The molecular formula is C7H14OS. The summed E-state index contributed by atoms with van der Waals surface area (Å²) in [7, 11) is 0. The second-order valence-electron chi connectivity index (χ2n) is 3.16. The van der Waals surface area contributed by atoms with E-state index in [0.717, 1.165) is 0 Å². The second-order valence-corrected chi connectivity index (χ2v) is 4.47. The molecule has 1 nitrogen and oxygen atoms in total. The van der Waals surface area contributed by atoms with Crippen LogP contribution in [-0.4, -0.2) is 21.7 Å². The Morgan fingerprint density at radius 1 is 1.56 bits per heavy atom. The molecule has 0 bridgehead atoms. The van der Waals surface area contributed by atoms with Gasteiger partial charge in [0.25, 0.3) is 0 Å². The Hall–Kier alpha value is 0.310. The van der Waals surface area contributed by atoms with E-state index in [-0.39, 0.29) is 0 Å². The Morgan fingerprint density at radius 2 is 2.22 bits per heavy atom. The van der Waals surface area contributed by atoms with Crippen molar-refractivity contribution in [3.8, 4) is 0 Å². The highest BCUT2D eigenvalue weighted by Gasteiger charge is 2.29. The number of hydrogen-bond donors (Lipinski definition) is 1. The third-order valence-corrected chi connectivity index (χ3v) is 3.46. The molecule has 0 aromatic carbocycles. The van der Waals surface area contributed by atoms with E-state index in [1.165, 1.54) is 18.6 Å². The van der Waals surface area contributed by atoms with Crippen LogP contribution in [0.4, 0.5) is 0 Å². The van der Waals surface area contributed by atoms with Crippen molar-refractivity contribution in [3.63, 3.8) is 0 Å². The van der Waals surface area contributed by atoms with Gasteiger partial charge in [-0.3, -0.25) is 0 Å². The maximum atomic E-state index is 9.50. The smallest absolute Gasteiger partial charge is 0.0709 e. The van der Waals surface area contributed by atoms with Crippen LogP contribution in [0.3, 0.4) is 0 Å². The molecule has 0 amide bonds. The van der Waals surface area contributed by atoms with Crippen molar-refractivity contribution in [2.75, 3.05) is 5.75 Å². The summed E-state index contributed by atoms with van der Waals surface area (Å²) in [6.07, 6.45) is 2.47. The average Bonchev–Trinajstić information content (AvgIpc) is 2.08. The SMILES string of the molecule is CC(C)(O)C1CCCS1. The van der Waals surface area contributed by atoms with Gasteiger partial charge in [-0.1, -0.05) is 0 Å². The number of hydrogen-bond acceptors (Lipinski definition) is 2. The number of thioether (sulfide) groups is 1. The molecule has 0 spiro atoms. The lowest BCUT2D eigenvalue weighted by Gasteiger charge is -2.23. The van der Waals surface area contributed by atoms with Gasteiger partial charge in [-0.05, 0) is 32.4 Å². The molecular weight excluding hydrogens is 132 g/mol. The van der Waals surface area contributed by atoms with Gasteiger partial charge < -0.3 is 5.11 Å². The lowest BCUT2D eigenvalue weighted by Crippen LogP contribution is -2.31. The van der Waals surface area contributed by atoms with E-state index in [1.54, 1.807) is 0 Å². The van der Waals surface area contributed by atoms with Crippen molar-refractivity contribution >= 4 is 11.8 Å². The van der Waals surface area contributed by atoms with Crippen molar-refractivity contribution in [2.45, 2.75) is 37.5 Å². The molecule has 1 N–H and O–H groups in total. The van der Waals surface area contributed by atoms with Crippen LogP contribution < -0.4 is 0 Å². The van der Waals surface area contributed by atoms with Crippen LogP contribution in [0, 0.1) is 0 Å². The zero-order chi connectivity index (χ0) is 6.91. The van der Waals surface area contributed by atoms with Gasteiger partial charge in [-0.2, -0.15) is 11.8 Å². The molecule has 1 heterocycles. The van der Waals surface area contributed by atoms with Gasteiger partial charge in [0.05, 0.1) is 5.60 Å². The summed E-state index contributed by atoms with van der Waals surface area (Å²) in [5.41, 5.74) is -0.457. The van der Waals surface area contributed by atoms with E-state index in [4.69, 9.17) is 0 Å². The minimum absolute atomic E-state index is 0.457. The minimum atomic E-state index is -0.457. The van der Waals surface area contributed by atoms with Gasteiger partial charge in [0.15, 0.2) is 0 Å². The Morgan fingerprint density at radius 3 is 2.44 bits per heavy atom. The molecule has 0 aromatic heterocycles. The molecule has 1 atom stereocenters. The molecule has 1 aliphatic rings. The first-order valence-electron chi connectivity index (χ1n) is 3.44. The fourth-order valence-electron chi connectivity index (χ4n) is 1.13. The van der Waals surface area contributed by atoms with Crippen LogP contribution in [0.25, 0.3) is 0 Å². The van der Waals surface area contributed by atoms with Crippen LogP contribution in [0.1, 0.15) is 26.7 Å². The van der Waals surface area contributed by atoms with Crippen molar-refractivity contribution in [2.24, 2.45) is 0 Å². The first-order valence-corrected chi connectivity index (χ1v) is 4.49. The molecule has 1 aliphatic heterocycles. The monoisotopic (exact) mass is 146 g/mol. The van der Waals surface area contributed by atoms with E-state index in [1.807, 2.05) is 25.6 Å². The van der Waals surface area contributed by atoms with Gasteiger partial charge in [0, 0.05) is 5.25 Å². The van der Waals surface area contributed by atoms with Crippen LogP contribution in [-0.2, 0) is 0 Å². The number of aliphatic hydroxyl groups is 1. The summed E-state index contributed by atoms with van der Waals surface area (Å²) in [6.45, 7) is 3.80. The van der Waals surface area contributed by atoms with Crippen LogP contribution in [0.15, 0.2) is 0 Å². The van der Waals surface area contributed by atoms with Crippen molar-refractivity contribution in [3.05, 3.63) is 0 Å². The average molecular weight is 146 g/mol. The van der Waals surface area contributed by atoms with Crippen LogP contribution in [0.5, 0.6) is 0 Å². The lowest BCUT2D eigenvalue weighted by molar-refractivity contribution is 0.0771. The molecule has 1 fully saturated rings. The second kappa shape index (κ2) is 2.51. The summed E-state index contributed by atoms with van der Waals surface area (Å²) in [5, 5.41) is 9.98. The molecule has 1 rings (SSSR count). The summed E-state index contributed by atoms with van der Waals surface area (Å²) in [6, 6.07) is 0. The lowest BCUT2D eigenvalue weighted by atomic mass is 10.0. The predicted octanol–water partition coefficient (Wildman–Crippen LogP) is 1.65. The van der Waals surface area contributed by atoms with Gasteiger partial charge in [0.2, 0.25) is 0 Å². The summed E-state index contributed by atoms with van der Waals surface area (Å²) in [5.74, 6) is 1.23. The van der Waals surface area contributed by atoms with Crippen molar-refractivity contribution < 1.29 is 5.11 Å². The first-order chi connectivity index (χ1) is 4.11. The van der Waals surface area contributed by atoms with E-state index in [2.05, 4.69) is 0 Å². The molecule has 0 aromatic rings. The summed E-state index contributed by atoms with van der Waals surface area (Å²) >= 11 is 1.90. The van der Waals surface area contributed by atoms with Gasteiger partial charge in [-0.25, -0.2) is 0 Å². The topological polar surface area (TPSA) is 20.2 Å². The minimum Gasteiger partial charge on any atom is -0.389 e.